The number of nitrogens with zero attached hydrogens (tertiary/aromatic N) is 3. The predicted octanol–water partition coefficient (Wildman–Crippen LogP) is 2.11. The van der Waals surface area contributed by atoms with Gasteiger partial charge in [0.1, 0.15) is 11.6 Å². The molecular weight excluding hydrogens is 234 g/mol. The van der Waals surface area contributed by atoms with E-state index in [4.69, 9.17) is 0 Å². The minimum Gasteiger partial charge on any atom is -0.396 e. The van der Waals surface area contributed by atoms with Crippen molar-refractivity contribution < 1.29 is 5.11 Å². The second kappa shape index (κ2) is 4.98. The quantitative estimate of drug-likeness (QED) is 0.877. The lowest BCUT2D eigenvalue weighted by Gasteiger charge is -2.25. The summed E-state index contributed by atoms with van der Waals surface area (Å²) in [6, 6.07) is 0. The normalized spacial score (nSPS) is 29.0. The Labute approximate surface area is 106 Å². The second-order valence-electron chi connectivity index (χ2n) is 4.94. The van der Waals surface area contributed by atoms with Crippen LogP contribution in [-0.4, -0.2) is 32.2 Å². The number of fused-ring (bicyclic) bond motifs is 1. The van der Waals surface area contributed by atoms with Crippen molar-refractivity contribution in [1.29, 1.82) is 0 Å². The molecule has 1 aromatic heterocycles. The monoisotopic (exact) mass is 253 g/mol. The highest BCUT2D eigenvalue weighted by molar-refractivity contribution is 7.99. The zero-order valence-corrected chi connectivity index (χ0v) is 10.8. The molecule has 5 heteroatoms. The van der Waals surface area contributed by atoms with E-state index in [0.717, 1.165) is 31.0 Å². The molecule has 0 saturated carbocycles. The van der Waals surface area contributed by atoms with Gasteiger partial charge in [-0.15, -0.1) is 10.2 Å². The van der Waals surface area contributed by atoms with Crippen LogP contribution in [-0.2, 0) is 6.54 Å². The lowest BCUT2D eigenvalue weighted by Crippen LogP contribution is -2.21. The van der Waals surface area contributed by atoms with E-state index in [1.54, 1.807) is 0 Å². The van der Waals surface area contributed by atoms with Gasteiger partial charge in [0.15, 0.2) is 0 Å². The number of aromatic nitrogens is 3. The summed E-state index contributed by atoms with van der Waals surface area (Å²) in [7, 11) is 0. The van der Waals surface area contributed by atoms with Crippen LogP contribution in [0.2, 0.25) is 0 Å². The average Bonchev–Trinajstić information content (AvgIpc) is 2.83. The first-order chi connectivity index (χ1) is 8.40. The van der Waals surface area contributed by atoms with E-state index in [2.05, 4.69) is 14.8 Å². The van der Waals surface area contributed by atoms with Gasteiger partial charge < -0.3 is 9.67 Å². The molecule has 1 saturated heterocycles. The Morgan fingerprint density at radius 3 is 2.82 bits per heavy atom. The summed E-state index contributed by atoms with van der Waals surface area (Å²) in [6.07, 6.45) is 6.06. The maximum atomic E-state index is 9.37. The maximum Gasteiger partial charge on any atom is 0.146 e. The van der Waals surface area contributed by atoms with E-state index >= 15 is 0 Å². The van der Waals surface area contributed by atoms with Crippen LogP contribution in [0.3, 0.4) is 0 Å². The first kappa shape index (κ1) is 11.5. The Balaban J connectivity index is 1.88. The van der Waals surface area contributed by atoms with Crippen LogP contribution in [0.1, 0.15) is 54.9 Å². The molecule has 2 unspecified atom stereocenters. The highest BCUT2D eigenvalue weighted by atomic mass is 32.2. The van der Waals surface area contributed by atoms with Gasteiger partial charge in [0.2, 0.25) is 0 Å². The molecule has 4 nitrogen and oxygen atoms in total. The molecule has 1 fully saturated rings. The Hall–Kier alpha value is -0.550. The third kappa shape index (κ3) is 2.10. The van der Waals surface area contributed by atoms with E-state index in [1.165, 1.54) is 25.0 Å². The van der Waals surface area contributed by atoms with Crippen LogP contribution in [0, 0.1) is 0 Å². The molecule has 2 atom stereocenters. The van der Waals surface area contributed by atoms with E-state index in [0.29, 0.717) is 5.25 Å². The van der Waals surface area contributed by atoms with Gasteiger partial charge in [-0.05, 0) is 31.4 Å². The van der Waals surface area contributed by atoms with Crippen LogP contribution in [0.5, 0.6) is 0 Å². The van der Waals surface area contributed by atoms with Crippen molar-refractivity contribution in [2.45, 2.75) is 49.8 Å². The molecule has 0 amide bonds. The molecule has 0 aromatic carbocycles. The molecule has 3 rings (SSSR count). The molecule has 94 valence electrons. The number of rotatable bonds is 2. The number of hydrogen-bond acceptors (Lipinski definition) is 4. The summed E-state index contributed by atoms with van der Waals surface area (Å²) in [4.78, 5) is 0. The summed E-state index contributed by atoms with van der Waals surface area (Å²) in [6.45, 7) is 1.24. The molecule has 2 aliphatic rings. The van der Waals surface area contributed by atoms with Gasteiger partial charge in [-0.3, -0.25) is 0 Å². The lowest BCUT2D eigenvalue weighted by molar-refractivity contribution is 0.237. The summed E-state index contributed by atoms with van der Waals surface area (Å²) in [5.74, 6) is 3.62. The molecule has 1 N–H and O–H groups in total. The number of aliphatic hydroxyl groups is 1. The largest absolute Gasteiger partial charge is 0.396 e. The Morgan fingerprint density at radius 1 is 1.18 bits per heavy atom. The van der Waals surface area contributed by atoms with Gasteiger partial charge in [0.05, 0.1) is 11.9 Å². The Kier molecular flexibility index (Phi) is 3.38. The fourth-order valence-electron chi connectivity index (χ4n) is 2.84. The summed E-state index contributed by atoms with van der Waals surface area (Å²) < 4.78 is 2.27. The summed E-state index contributed by atoms with van der Waals surface area (Å²) in [5, 5.41) is 18.6. The fourth-order valence-corrected chi connectivity index (χ4v) is 4.15. The highest BCUT2D eigenvalue weighted by Gasteiger charge is 2.28. The lowest BCUT2D eigenvalue weighted by atomic mass is 10.00. The van der Waals surface area contributed by atoms with Crippen molar-refractivity contribution >= 4 is 11.8 Å². The molecule has 0 spiro atoms. The standard InChI is InChI=1S/C12H19N3OS/c16-8-9-4-3-6-15-11(9)13-14-12(15)10-5-1-2-7-17-10/h9-10,16H,1-8H2. The van der Waals surface area contributed by atoms with Gasteiger partial charge in [-0.2, -0.15) is 11.8 Å². The van der Waals surface area contributed by atoms with Crippen molar-refractivity contribution in [1.82, 2.24) is 14.8 Å². The first-order valence-electron chi connectivity index (χ1n) is 6.55. The number of thioether (sulfide) groups is 1. The van der Waals surface area contributed by atoms with Gasteiger partial charge in [0, 0.05) is 12.5 Å². The Bertz CT molecular complexity index is 387. The van der Waals surface area contributed by atoms with Crippen molar-refractivity contribution in [3.63, 3.8) is 0 Å². The molecule has 0 aliphatic carbocycles. The minimum atomic E-state index is 0.204. The van der Waals surface area contributed by atoms with Crippen molar-refractivity contribution in [2.75, 3.05) is 12.4 Å². The zero-order chi connectivity index (χ0) is 11.7. The molecule has 0 radical (unpaired) electrons. The number of aliphatic hydroxyl groups excluding tert-OH is 1. The minimum absolute atomic E-state index is 0.204. The molecular formula is C12H19N3OS. The first-order valence-corrected chi connectivity index (χ1v) is 7.60. The van der Waals surface area contributed by atoms with Gasteiger partial charge >= 0.3 is 0 Å². The highest BCUT2D eigenvalue weighted by Crippen LogP contribution is 2.39. The molecule has 0 bridgehead atoms. The van der Waals surface area contributed by atoms with E-state index in [1.807, 2.05) is 11.8 Å². The zero-order valence-electron chi connectivity index (χ0n) is 10.0. The van der Waals surface area contributed by atoms with Crippen molar-refractivity contribution in [3.05, 3.63) is 11.6 Å². The van der Waals surface area contributed by atoms with Crippen LogP contribution in [0.15, 0.2) is 0 Å². The van der Waals surface area contributed by atoms with Gasteiger partial charge in [-0.1, -0.05) is 6.42 Å². The average molecular weight is 253 g/mol. The summed E-state index contributed by atoms with van der Waals surface area (Å²) >= 11 is 2.02. The molecule has 2 aliphatic heterocycles. The number of hydrogen-bond donors (Lipinski definition) is 1. The van der Waals surface area contributed by atoms with Crippen LogP contribution in [0.25, 0.3) is 0 Å². The maximum absolute atomic E-state index is 9.37. The second-order valence-corrected chi connectivity index (χ2v) is 6.26. The molecule has 1 aromatic rings. The SMILES string of the molecule is OCC1CCCn2c1nnc2C1CCCCS1. The summed E-state index contributed by atoms with van der Waals surface area (Å²) in [5.41, 5.74) is 0. The molecule has 3 heterocycles. The predicted molar refractivity (Wildman–Crippen MR) is 68.1 cm³/mol. The third-order valence-electron chi connectivity index (χ3n) is 3.80. The van der Waals surface area contributed by atoms with Crippen molar-refractivity contribution in [3.8, 4) is 0 Å². The third-order valence-corrected chi connectivity index (χ3v) is 5.17. The van der Waals surface area contributed by atoms with Gasteiger partial charge in [-0.25, -0.2) is 0 Å². The topological polar surface area (TPSA) is 50.9 Å². The molecule has 17 heavy (non-hydrogen) atoms. The van der Waals surface area contributed by atoms with E-state index < -0.39 is 0 Å². The smallest absolute Gasteiger partial charge is 0.146 e. The van der Waals surface area contributed by atoms with E-state index in [9.17, 15) is 5.11 Å². The van der Waals surface area contributed by atoms with Gasteiger partial charge in [0.25, 0.3) is 0 Å². The fraction of sp³-hybridized carbons (Fsp3) is 0.833. The van der Waals surface area contributed by atoms with Crippen LogP contribution in [0.4, 0.5) is 0 Å². The Morgan fingerprint density at radius 2 is 2.06 bits per heavy atom. The van der Waals surface area contributed by atoms with Crippen LogP contribution >= 0.6 is 11.8 Å². The van der Waals surface area contributed by atoms with E-state index in [-0.39, 0.29) is 12.5 Å². The van der Waals surface area contributed by atoms with Crippen molar-refractivity contribution in [2.24, 2.45) is 0 Å². The van der Waals surface area contributed by atoms with Crippen LogP contribution < -0.4 is 0 Å².